The van der Waals surface area contributed by atoms with Crippen molar-refractivity contribution in [3.05, 3.63) is 30.5 Å². The first kappa shape index (κ1) is 21.8. The average Bonchev–Trinajstić information content (AvgIpc) is 3.38. The Morgan fingerprint density at radius 3 is 2.72 bits per heavy atom. The van der Waals surface area contributed by atoms with E-state index in [4.69, 9.17) is 9.47 Å². The van der Waals surface area contributed by atoms with Gasteiger partial charge in [0.2, 0.25) is 5.95 Å². The lowest BCUT2D eigenvalue weighted by atomic mass is 10.1. The van der Waals surface area contributed by atoms with Crippen LogP contribution in [0.2, 0.25) is 0 Å². The van der Waals surface area contributed by atoms with Gasteiger partial charge < -0.3 is 20.1 Å². The van der Waals surface area contributed by atoms with Crippen LogP contribution in [0.25, 0.3) is 16.9 Å². The van der Waals surface area contributed by atoms with Crippen LogP contribution in [0.4, 0.5) is 10.7 Å². The van der Waals surface area contributed by atoms with Crippen molar-refractivity contribution in [1.29, 1.82) is 0 Å². The summed E-state index contributed by atoms with van der Waals surface area (Å²) in [5.41, 5.74) is 1.60. The van der Waals surface area contributed by atoms with Crippen molar-refractivity contribution in [1.82, 2.24) is 30.3 Å². The summed E-state index contributed by atoms with van der Waals surface area (Å²) in [7, 11) is 1.63. The molecule has 4 rings (SSSR count). The van der Waals surface area contributed by atoms with Crippen molar-refractivity contribution < 1.29 is 14.3 Å². The summed E-state index contributed by atoms with van der Waals surface area (Å²) < 4.78 is 12.2. The highest BCUT2D eigenvalue weighted by Crippen LogP contribution is 2.27. The molecule has 1 fully saturated rings. The smallest absolute Gasteiger partial charge is 0.407 e. The number of hydrogen-bond donors (Lipinski definition) is 2. The number of carbonyl (C=O) groups excluding carboxylic acids is 1. The number of anilines is 1. The van der Waals surface area contributed by atoms with E-state index in [0.29, 0.717) is 29.6 Å². The second kappa shape index (κ2) is 8.97. The number of hydrogen-bond acceptors (Lipinski definition) is 8. The molecule has 1 amide bonds. The summed E-state index contributed by atoms with van der Waals surface area (Å²) >= 11 is 0. The average molecular weight is 440 g/mol. The topological polar surface area (TPSA) is 116 Å². The molecule has 1 aliphatic carbocycles. The molecule has 2 atom stereocenters. The summed E-state index contributed by atoms with van der Waals surface area (Å²) in [6, 6.07) is 7.78. The van der Waals surface area contributed by atoms with E-state index in [1.807, 2.05) is 45.0 Å². The van der Waals surface area contributed by atoms with Crippen LogP contribution in [0.5, 0.6) is 5.75 Å². The van der Waals surface area contributed by atoms with Crippen LogP contribution in [0.15, 0.2) is 30.5 Å². The second-order valence-electron chi connectivity index (χ2n) is 9.00. The summed E-state index contributed by atoms with van der Waals surface area (Å²) in [5.74, 6) is 1.70. The molecule has 170 valence electrons. The molecule has 0 radical (unpaired) electrons. The van der Waals surface area contributed by atoms with Gasteiger partial charge in [0.1, 0.15) is 11.4 Å². The Labute approximate surface area is 186 Å². The molecule has 1 aliphatic rings. The number of carbonyl (C=O) groups is 1. The van der Waals surface area contributed by atoms with Gasteiger partial charge in [-0.1, -0.05) is 5.21 Å². The molecule has 3 aromatic rings. The summed E-state index contributed by atoms with van der Waals surface area (Å²) in [6.45, 7) is 6.17. The molecule has 10 heteroatoms. The maximum Gasteiger partial charge on any atom is 0.407 e. The van der Waals surface area contributed by atoms with Crippen molar-refractivity contribution in [2.75, 3.05) is 19.0 Å². The molecule has 2 heterocycles. The lowest BCUT2D eigenvalue weighted by Crippen LogP contribution is -2.35. The third kappa shape index (κ3) is 5.24. The Balaban J connectivity index is 1.38. The van der Waals surface area contributed by atoms with Crippen LogP contribution < -0.4 is 15.4 Å². The number of nitrogens with one attached hydrogen (secondary N) is 2. The van der Waals surface area contributed by atoms with E-state index in [1.165, 1.54) is 0 Å². The second-order valence-corrected chi connectivity index (χ2v) is 9.00. The molecular weight excluding hydrogens is 410 g/mol. The number of methoxy groups -OCH3 is 1. The third-order valence-electron chi connectivity index (χ3n) is 5.32. The van der Waals surface area contributed by atoms with Crippen LogP contribution in [0, 0.1) is 5.92 Å². The normalized spacial score (nSPS) is 18.5. The standard InChI is InChI=1S/C22H29N7O3/c1-22(2,3)32-21(30)24-12-14-5-6-15(11-14)25-20-23-13-18-19(26-20)29(28-27-18)16-7-9-17(31-4)10-8-16/h7-10,13-15H,5-6,11-12H2,1-4H3,(H,24,30)(H,23,25,26)/t14-,15+/m0/s1. The first-order chi connectivity index (χ1) is 15.3. The van der Waals surface area contributed by atoms with E-state index in [1.54, 1.807) is 18.0 Å². The fourth-order valence-corrected chi connectivity index (χ4v) is 3.81. The molecular formula is C22H29N7O3. The molecule has 0 unspecified atom stereocenters. The van der Waals surface area contributed by atoms with Crippen molar-refractivity contribution >= 4 is 23.2 Å². The number of nitrogens with zero attached hydrogens (tertiary/aromatic N) is 5. The quantitative estimate of drug-likeness (QED) is 0.601. The minimum atomic E-state index is -0.493. The van der Waals surface area contributed by atoms with E-state index in [9.17, 15) is 4.79 Å². The van der Waals surface area contributed by atoms with Gasteiger partial charge in [0.05, 0.1) is 19.0 Å². The number of rotatable bonds is 6. The van der Waals surface area contributed by atoms with E-state index in [-0.39, 0.29) is 12.1 Å². The molecule has 1 aromatic carbocycles. The Morgan fingerprint density at radius 2 is 2.00 bits per heavy atom. The summed E-state index contributed by atoms with van der Waals surface area (Å²) in [6.07, 6.45) is 4.22. The van der Waals surface area contributed by atoms with E-state index >= 15 is 0 Å². The zero-order valence-electron chi connectivity index (χ0n) is 18.8. The van der Waals surface area contributed by atoms with Crippen LogP contribution in [-0.2, 0) is 4.74 Å². The highest BCUT2D eigenvalue weighted by Gasteiger charge is 2.26. The Hall–Kier alpha value is -3.43. The van der Waals surface area contributed by atoms with E-state index in [2.05, 4.69) is 30.9 Å². The molecule has 2 N–H and O–H groups in total. The van der Waals surface area contributed by atoms with Gasteiger partial charge in [0.15, 0.2) is 11.2 Å². The van der Waals surface area contributed by atoms with Crippen LogP contribution >= 0.6 is 0 Å². The monoisotopic (exact) mass is 439 g/mol. The molecule has 0 spiro atoms. The number of ether oxygens (including phenoxy) is 2. The minimum Gasteiger partial charge on any atom is -0.497 e. The Kier molecular flexibility index (Phi) is 6.11. The van der Waals surface area contributed by atoms with Crippen molar-refractivity contribution in [2.24, 2.45) is 5.92 Å². The fraction of sp³-hybridized carbons (Fsp3) is 0.500. The van der Waals surface area contributed by atoms with Gasteiger partial charge >= 0.3 is 6.09 Å². The number of amides is 1. The van der Waals surface area contributed by atoms with Gasteiger partial charge in [-0.2, -0.15) is 9.67 Å². The maximum absolute atomic E-state index is 11.9. The van der Waals surface area contributed by atoms with E-state index < -0.39 is 5.60 Å². The van der Waals surface area contributed by atoms with Crippen molar-refractivity contribution in [3.63, 3.8) is 0 Å². The van der Waals surface area contributed by atoms with E-state index in [0.717, 1.165) is 30.7 Å². The first-order valence-electron chi connectivity index (χ1n) is 10.8. The fourth-order valence-electron chi connectivity index (χ4n) is 3.81. The zero-order chi connectivity index (χ0) is 22.7. The highest BCUT2D eigenvalue weighted by molar-refractivity contribution is 5.72. The lowest BCUT2D eigenvalue weighted by molar-refractivity contribution is 0.0519. The van der Waals surface area contributed by atoms with Crippen molar-refractivity contribution in [2.45, 2.75) is 51.7 Å². The molecule has 2 aromatic heterocycles. The third-order valence-corrected chi connectivity index (χ3v) is 5.32. The van der Waals surface area contributed by atoms with Crippen LogP contribution in [-0.4, -0.2) is 56.4 Å². The maximum atomic E-state index is 11.9. The molecule has 0 bridgehead atoms. The largest absolute Gasteiger partial charge is 0.497 e. The molecule has 0 saturated heterocycles. The van der Waals surface area contributed by atoms with Gasteiger partial charge in [0, 0.05) is 12.6 Å². The SMILES string of the molecule is COc1ccc(-n2nnc3cnc(N[C@@H]4CC[C@H](CNC(=O)OC(C)(C)C)C4)nc32)cc1. The lowest BCUT2D eigenvalue weighted by Gasteiger charge is -2.20. The van der Waals surface area contributed by atoms with Gasteiger partial charge in [-0.25, -0.2) is 9.78 Å². The van der Waals surface area contributed by atoms with Crippen LogP contribution in [0.3, 0.4) is 0 Å². The van der Waals surface area contributed by atoms with Gasteiger partial charge in [-0.05, 0) is 70.2 Å². The van der Waals surface area contributed by atoms with Gasteiger partial charge in [-0.15, -0.1) is 5.10 Å². The van der Waals surface area contributed by atoms with Crippen LogP contribution in [0.1, 0.15) is 40.0 Å². The summed E-state index contributed by atoms with van der Waals surface area (Å²) in [4.78, 5) is 20.9. The molecule has 1 saturated carbocycles. The minimum absolute atomic E-state index is 0.239. The Morgan fingerprint density at radius 1 is 1.22 bits per heavy atom. The predicted octanol–water partition coefficient (Wildman–Crippen LogP) is 3.32. The first-order valence-corrected chi connectivity index (χ1v) is 10.8. The Bertz CT molecular complexity index is 1080. The highest BCUT2D eigenvalue weighted by atomic mass is 16.6. The van der Waals surface area contributed by atoms with Crippen molar-refractivity contribution in [3.8, 4) is 11.4 Å². The zero-order valence-corrected chi connectivity index (χ0v) is 18.8. The van der Waals surface area contributed by atoms with Gasteiger partial charge in [0.25, 0.3) is 0 Å². The van der Waals surface area contributed by atoms with Gasteiger partial charge in [-0.3, -0.25) is 0 Å². The number of aromatic nitrogens is 5. The summed E-state index contributed by atoms with van der Waals surface area (Å²) in [5, 5.41) is 14.7. The molecule has 0 aliphatic heterocycles. The molecule has 32 heavy (non-hydrogen) atoms. The molecule has 10 nitrogen and oxygen atoms in total. The number of alkyl carbamates (subject to hydrolysis) is 1. The number of fused-ring (bicyclic) bond motifs is 1. The predicted molar refractivity (Wildman–Crippen MR) is 120 cm³/mol. The number of benzene rings is 1.